The van der Waals surface area contributed by atoms with E-state index in [1.54, 1.807) is 0 Å². The summed E-state index contributed by atoms with van der Waals surface area (Å²) < 4.78 is 11.9. The lowest BCUT2D eigenvalue weighted by molar-refractivity contribution is -0.170. The van der Waals surface area contributed by atoms with Crippen LogP contribution in [0.5, 0.6) is 0 Å². The first kappa shape index (κ1) is 20.2. The second-order valence-electron chi connectivity index (χ2n) is 8.58. The summed E-state index contributed by atoms with van der Waals surface area (Å²) >= 11 is 0. The van der Waals surface area contributed by atoms with E-state index in [1.807, 2.05) is 13.8 Å². The van der Waals surface area contributed by atoms with Gasteiger partial charge in [0.15, 0.2) is 0 Å². The first-order chi connectivity index (χ1) is 13.0. The van der Waals surface area contributed by atoms with Crippen LogP contribution in [-0.2, 0) is 19.1 Å². The van der Waals surface area contributed by atoms with Crippen molar-refractivity contribution in [2.45, 2.75) is 90.3 Å². The molecule has 3 rings (SSSR count). The first-order valence-corrected chi connectivity index (χ1v) is 10.8. The predicted molar refractivity (Wildman–Crippen MR) is 105 cm³/mol. The van der Waals surface area contributed by atoms with Crippen molar-refractivity contribution in [2.75, 3.05) is 0 Å². The molecule has 0 aromatic carbocycles. The normalized spacial score (nSPS) is 34.3. The monoisotopic (exact) mass is 374 g/mol. The molecule has 1 aliphatic heterocycles. The van der Waals surface area contributed by atoms with Crippen molar-refractivity contribution in [1.29, 1.82) is 0 Å². The Balaban J connectivity index is 1.80. The topological polar surface area (TPSA) is 52.6 Å². The molecule has 0 aromatic heterocycles. The van der Waals surface area contributed by atoms with Crippen LogP contribution in [0.4, 0.5) is 0 Å². The third-order valence-electron chi connectivity index (χ3n) is 6.72. The highest BCUT2D eigenvalue weighted by molar-refractivity contribution is 5.73. The molecule has 3 aliphatic rings. The summed E-state index contributed by atoms with van der Waals surface area (Å²) in [5, 5.41) is 0. The molecule has 27 heavy (non-hydrogen) atoms. The summed E-state index contributed by atoms with van der Waals surface area (Å²) in [5.74, 6) is 0.344. The Labute approximate surface area is 163 Å². The molecule has 2 aliphatic carbocycles. The number of fused-ring (bicyclic) bond motifs is 1. The van der Waals surface area contributed by atoms with E-state index < -0.39 is 5.60 Å². The van der Waals surface area contributed by atoms with Gasteiger partial charge in [-0.1, -0.05) is 39.0 Å². The molecule has 1 fully saturated rings. The number of carbonyl (C=O) groups excluding carboxylic acids is 2. The van der Waals surface area contributed by atoms with Crippen LogP contribution in [0.15, 0.2) is 23.8 Å². The van der Waals surface area contributed by atoms with Crippen LogP contribution in [0.25, 0.3) is 0 Å². The van der Waals surface area contributed by atoms with Gasteiger partial charge in [0, 0.05) is 12.3 Å². The fourth-order valence-electron chi connectivity index (χ4n) is 4.84. The Morgan fingerprint density at radius 1 is 1.37 bits per heavy atom. The standard InChI is InChI=1S/C23H34O4/c1-4-16(2)22(25)27-23-15-6-5-8-18(23)12-11-17(3)20(23)14-13-19-9-7-10-21(24)26-19/h8,11-12,16-17,19-20H,4-7,9-10,13-15H2,1-3H3/t16-,17-,19-,20?,23+/m0/s1. The van der Waals surface area contributed by atoms with Crippen LogP contribution in [-0.4, -0.2) is 23.6 Å². The number of rotatable bonds is 6. The zero-order valence-electron chi connectivity index (χ0n) is 17.0. The van der Waals surface area contributed by atoms with Crippen molar-refractivity contribution in [3.8, 4) is 0 Å². The van der Waals surface area contributed by atoms with Crippen molar-refractivity contribution >= 4 is 11.9 Å². The Hall–Kier alpha value is -1.58. The number of hydrogen-bond acceptors (Lipinski definition) is 4. The van der Waals surface area contributed by atoms with E-state index >= 15 is 0 Å². The number of allylic oxidation sites excluding steroid dienone is 2. The minimum absolute atomic E-state index is 0.0164. The molecule has 0 amide bonds. The molecule has 1 unspecified atom stereocenters. The van der Waals surface area contributed by atoms with E-state index in [-0.39, 0.29) is 29.9 Å². The molecule has 1 saturated heterocycles. The maximum Gasteiger partial charge on any atom is 0.309 e. The maximum atomic E-state index is 12.8. The summed E-state index contributed by atoms with van der Waals surface area (Å²) in [5.41, 5.74) is 0.667. The summed E-state index contributed by atoms with van der Waals surface area (Å²) in [4.78, 5) is 24.4. The highest BCUT2D eigenvalue weighted by atomic mass is 16.6. The van der Waals surface area contributed by atoms with Crippen LogP contribution in [0, 0.1) is 17.8 Å². The van der Waals surface area contributed by atoms with Crippen LogP contribution >= 0.6 is 0 Å². The molecule has 4 nitrogen and oxygen atoms in total. The molecule has 5 atom stereocenters. The number of carbonyl (C=O) groups is 2. The van der Waals surface area contributed by atoms with E-state index in [0.717, 1.165) is 51.4 Å². The Morgan fingerprint density at radius 3 is 2.93 bits per heavy atom. The number of esters is 2. The van der Waals surface area contributed by atoms with Gasteiger partial charge < -0.3 is 9.47 Å². The molecule has 0 bridgehead atoms. The summed E-state index contributed by atoms with van der Waals surface area (Å²) in [6, 6.07) is 0. The van der Waals surface area contributed by atoms with E-state index in [4.69, 9.17) is 9.47 Å². The third-order valence-corrected chi connectivity index (χ3v) is 6.72. The fraction of sp³-hybridized carbons (Fsp3) is 0.739. The molecule has 4 heteroatoms. The number of cyclic esters (lactones) is 1. The van der Waals surface area contributed by atoms with Gasteiger partial charge in [-0.25, -0.2) is 0 Å². The summed E-state index contributed by atoms with van der Waals surface area (Å²) in [6.07, 6.45) is 14.7. The van der Waals surface area contributed by atoms with Crippen LogP contribution in [0.2, 0.25) is 0 Å². The second-order valence-corrected chi connectivity index (χ2v) is 8.58. The highest BCUT2D eigenvalue weighted by Crippen LogP contribution is 2.49. The van der Waals surface area contributed by atoms with Gasteiger partial charge in [0.25, 0.3) is 0 Å². The Morgan fingerprint density at radius 2 is 2.19 bits per heavy atom. The molecule has 0 radical (unpaired) electrons. The molecule has 150 valence electrons. The van der Waals surface area contributed by atoms with Gasteiger partial charge in [0.1, 0.15) is 11.7 Å². The van der Waals surface area contributed by atoms with Crippen molar-refractivity contribution in [2.24, 2.45) is 17.8 Å². The van der Waals surface area contributed by atoms with Crippen molar-refractivity contribution < 1.29 is 19.1 Å². The molecule has 0 spiro atoms. The SMILES string of the molecule is CC[C@H](C)C(=O)O[C@]12CCCC=C1C=C[C@H](C)C2CC[C@@H]1CCCC(=O)O1. The first-order valence-electron chi connectivity index (χ1n) is 10.8. The van der Waals surface area contributed by atoms with E-state index in [9.17, 15) is 9.59 Å². The van der Waals surface area contributed by atoms with Gasteiger partial charge in [-0.05, 0) is 62.9 Å². The van der Waals surface area contributed by atoms with Crippen LogP contribution < -0.4 is 0 Å². The van der Waals surface area contributed by atoms with Crippen molar-refractivity contribution in [1.82, 2.24) is 0 Å². The Bertz CT molecular complexity index is 620. The molecular formula is C23H34O4. The maximum absolute atomic E-state index is 12.8. The van der Waals surface area contributed by atoms with Crippen LogP contribution in [0.3, 0.4) is 0 Å². The lowest BCUT2D eigenvalue weighted by atomic mass is 9.64. The molecule has 0 saturated carbocycles. The highest BCUT2D eigenvalue weighted by Gasteiger charge is 2.49. The van der Waals surface area contributed by atoms with Gasteiger partial charge in [0.2, 0.25) is 0 Å². The molecule has 0 N–H and O–H groups in total. The average molecular weight is 375 g/mol. The average Bonchev–Trinajstić information content (AvgIpc) is 2.66. The second kappa shape index (κ2) is 8.62. The van der Waals surface area contributed by atoms with Crippen molar-refractivity contribution in [3.63, 3.8) is 0 Å². The summed E-state index contributed by atoms with van der Waals surface area (Å²) in [6.45, 7) is 6.20. The fourth-order valence-corrected chi connectivity index (χ4v) is 4.84. The summed E-state index contributed by atoms with van der Waals surface area (Å²) in [7, 11) is 0. The molecule has 0 aromatic rings. The lowest BCUT2D eigenvalue weighted by Crippen LogP contribution is -2.50. The number of ether oxygens (including phenoxy) is 2. The minimum atomic E-state index is -0.508. The predicted octanol–water partition coefficient (Wildman–Crippen LogP) is 5.12. The smallest absolute Gasteiger partial charge is 0.309 e. The zero-order chi connectivity index (χ0) is 19.4. The van der Waals surface area contributed by atoms with E-state index in [1.165, 1.54) is 5.57 Å². The largest absolute Gasteiger partial charge is 0.462 e. The van der Waals surface area contributed by atoms with Gasteiger partial charge in [-0.3, -0.25) is 9.59 Å². The van der Waals surface area contributed by atoms with Crippen molar-refractivity contribution in [3.05, 3.63) is 23.8 Å². The van der Waals surface area contributed by atoms with E-state index in [0.29, 0.717) is 12.3 Å². The quantitative estimate of drug-likeness (QED) is 0.605. The van der Waals surface area contributed by atoms with Gasteiger partial charge in [0.05, 0.1) is 5.92 Å². The zero-order valence-corrected chi connectivity index (χ0v) is 17.0. The molecule has 1 heterocycles. The van der Waals surface area contributed by atoms with Gasteiger partial charge in [-0.15, -0.1) is 0 Å². The van der Waals surface area contributed by atoms with Gasteiger partial charge >= 0.3 is 11.9 Å². The van der Waals surface area contributed by atoms with Crippen LogP contribution in [0.1, 0.15) is 78.6 Å². The van der Waals surface area contributed by atoms with E-state index in [2.05, 4.69) is 25.2 Å². The third kappa shape index (κ3) is 4.30. The minimum Gasteiger partial charge on any atom is -0.462 e. The van der Waals surface area contributed by atoms with Gasteiger partial charge in [-0.2, -0.15) is 0 Å². The molecular weight excluding hydrogens is 340 g/mol. The number of hydrogen-bond donors (Lipinski definition) is 0. The lowest BCUT2D eigenvalue weighted by Gasteiger charge is -2.48. The Kier molecular flexibility index (Phi) is 6.44.